The number of hydrogen-bond acceptors (Lipinski definition) is 4. The van der Waals surface area contributed by atoms with Crippen molar-refractivity contribution in [2.75, 3.05) is 14.2 Å². The van der Waals surface area contributed by atoms with Crippen LogP contribution in [0.3, 0.4) is 0 Å². The Labute approximate surface area is 127 Å². The summed E-state index contributed by atoms with van der Waals surface area (Å²) in [6.45, 7) is 1.90. The van der Waals surface area contributed by atoms with E-state index in [2.05, 4.69) is 43.3 Å². The number of likely N-dealkylation sites (N-methyl/N-ethyl adjacent to an activating group) is 1. The molecule has 0 saturated heterocycles. The van der Waals surface area contributed by atoms with Crippen molar-refractivity contribution >= 4 is 15.9 Å². The van der Waals surface area contributed by atoms with Crippen LogP contribution in [0.4, 0.5) is 0 Å². The highest BCUT2D eigenvalue weighted by Crippen LogP contribution is 2.27. The third-order valence-corrected chi connectivity index (χ3v) is 3.78. The second kappa shape index (κ2) is 6.81. The molecule has 0 aliphatic carbocycles. The van der Waals surface area contributed by atoms with E-state index >= 15 is 0 Å². The highest BCUT2D eigenvalue weighted by atomic mass is 79.9. The SMILES string of the molecule is CNC(Cc1ccc(OC)c(Br)c1)c1ccnc(C)n1. The highest BCUT2D eigenvalue weighted by Gasteiger charge is 2.13. The first-order chi connectivity index (χ1) is 9.63. The van der Waals surface area contributed by atoms with Crippen molar-refractivity contribution in [1.29, 1.82) is 0 Å². The third kappa shape index (κ3) is 3.55. The molecule has 0 bridgehead atoms. The molecule has 20 heavy (non-hydrogen) atoms. The standard InChI is InChI=1S/C15H18BrN3O/c1-10-18-7-6-13(19-10)14(17-2)9-11-4-5-15(20-3)12(16)8-11/h4-8,14,17H,9H2,1-3H3. The molecule has 2 rings (SSSR count). The van der Waals surface area contributed by atoms with Gasteiger partial charge in [0.1, 0.15) is 11.6 Å². The predicted octanol–water partition coefficient (Wildman–Crippen LogP) is 3.06. The van der Waals surface area contributed by atoms with Gasteiger partial charge in [-0.2, -0.15) is 0 Å². The largest absolute Gasteiger partial charge is 0.496 e. The molecular formula is C15H18BrN3O. The van der Waals surface area contributed by atoms with Gasteiger partial charge in [-0.05, 0) is 60.1 Å². The molecule has 1 unspecified atom stereocenters. The average molecular weight is 336 g/mol. The summed E-state index contributed by atoms with van der Waals surface area (Å²) in [5.74, 6) is 1.63. The average Bonchev–Trinajstić information content (AvgIpc) is 2.45. The van der Waals surface area contributed by atoms with Crippen LogP contribution in [0.2, 0.25) is 0 Å². The molecule has 106 valence electrons. The second-order valence-electron chi connectivity index (χ2n) is 4.54. The van der Waals surface area contributed by atoms with Crippen LogP contribution < -0.4 is 10.1 Å². The number of ether oxygens (including phenoxy) is 1. The van der Waals surface area contributed by atoms with Crippen LogP contribution in [0, 0.1) is 6.92 Å². The molecule has 0 aliphatic heterocycles. The fourth-order valence-corrected chi connectivity index (χ4v) is 2.68. The lowest BCUT2D eigenvalue weighted by Gasteiger charge is -2.16. The van der Waals surface area contributed by atoms with Gasteiger partial charge in [-0.3, -0.25) is 0 Å². The van der Waals surface area contributed by atoms with Gasteiger partial charge in [0.15, 0.2) is 0 Å². The van der Waals surface area contributed by atoms with Gasteiger partial charge in [-0.25, -0.2) is 9.97 Å². The Bertz CT molecular complexity index is 589. The molecule has 0 saturated carbocycles. The molecule has 1 aromatic carbocycles. The van der Waals surface area contributed by atoms with Crippen molar-refractivity contribution in [1.82, 2.24) is 15.3 Å². The summed E-state index contributed by atoms with van der Waals surface area (Å²) in [6, 6.07) is 8.24. The molecular weight excluding hydrogens is 318 g/mol. The Morgan fingerprint density at radius 1 is 1.35 bits per heavy atom. The van der Waals surface area contributed by atoms with E-state index in [0.29, 0.717) is 0 Å². The van der Waals surface area contributed by atoms with Gasteiger partial charge in [0.25, 0.3) is 0 Å². The molecule has 0 aliphatic rings. The summed E-state index contributed by atoms with van der Waals surface area (Å²) in [5, 5.41) is 3.31. The maximum absolute atomic E-state index is 5.25. The van der Waals surface area contributed by atoms with Crippen LogP contribution in [0.5, 0.6) is 5.75 Å². The maximum Gasteiger partial charge on any atom is 0.133 e. The molecule has 0 spiro atoms. The molecule has 1 N–H and O–H groups in total. The lowest BCUT2D eigenvalue weighted by Crippen LogP contribution is -2.20. The number of nitrogens with zero attached hydrogens (tertiary/aromatic N) is 2. The van der Waals surface area contributed by atoms with E-state index in [-0.39, 0.29) is 6.04 Å². The Balaban J connectivity index is 2.20. The minimum atomic E-state index is 0.164. The fraction of sp³-hybridized carbons (Fsp3) is 0.333. The summed E-state index contributed by atoms with van der Waals surface area (Å²) < 4.78 is 6.21. The van der Waals surface area contributed by atoms with Crippen molar-refractivity contribution in [3.8, 4) is 5.75 Å². The van der Waals surface area contributed by atoms with E-state index < -0.39 is 0 Å². The summed E-state index contributed by atoms with van der Waals surface area (Å²) >= 11 is 3.52. The summed E-state index contributed by atoms with van der Waals surface area (Å²) in [4.78, 5) is 8.62. The molecule has 0 radical (unpaired) electrons. The van der Waals surface area contributed by atoms with Crippen molar-refractivity contribution < 1.29 is 4.74 Å². The minimum Gasteiger partial charge on any atom is -0.496 e. The fourth-order valence-electron chi connectivity index (χ4n) is 2.10. The number of aromatic nitrogens is 2. The first-order valence-electron chi connectivity index (χ1n) is 6.43. The summed E-state index contributed by atoms with van der Waals surface area (Å²) in [6.07, 6.45) is 2.65. The van der Waals surface area contributed by atoms with Crippen molar-refractivity contribution in [2.24, 2.45) is 0 Å². The molecule has 1 heterocycles. The van der Waals surface area contributed by atoms with Crippen LogP contribution >= 0.6 is 15.9 Å². The predicted molar refractivity (Wildman–Crippen MR) is 83.0 cm³/mol. The van der Waals surface area contributed by atoms with Gasteiger partial charge < -0.3 is 10.1 Å². The first-order valence-corrected chi connectivity index (χ1v) is 7.22. The van der Waals surface area contributed by atoms with Crippen LogP contribution in [0.25, 0.3) is 0 Å². The lowest BCUT2D eigenvalue weighted by atomic mass is 10.0. The number of hydrogen-bond donors (Lipinski definition) is 1. The number of benzene rings is 1. The second-order valence-corrected chi connectivity index (χ2v) is 5.40. The van der Waals surface area contributed by atoms with E-state index in [9.17, 15) is 0 Å². The van der Waals surface area contributed by atoms with E-state index in [1.807, 2.05) is 26.1 Å². The lowest BCUT2D eigenvalue weighted by molar-refractivity contribution is 0.412. The monoisotopic (exact) mass is 335 g/mol. The zero-order valence-corrected chi connectivity index (χ0v) is 13.4. The first kappa shape index (κ1) is 14.9. The number of halogens is 1. The van der Waals surface area contributed by atoms with Crippen LogP contribution in [-0.2, 0) is 6.42 Å². The van der Waals surface area contributed by atoms with Gasteiger partial charge in [-0.15, -0.1) is 0 Å². The highest BCUT2D eigenvalue weighted by molar-refractivity contribution is 9.10. The van der Waals surface area contributed by atoms with Gasteiger partial charge in [-0.1, -0.05) is 6.07 Å². The maximum atomic E-state index is 5.25. The minimum absolute atomic E-state index is 0.164. The molecule has 4 nitrogen and oxygen atoms in total. The van der Waals surface area contributed by atoms with E-state index in [1.54, 1.807) is 13.3 Å². The summed E-state index contributed by atoms with van der Waals surface area (Å²) in [5.41, 5.74) is 2.22. The van der Waals surface area contributed by atoms with Crippen LogP contribution in [0.15, 0.2) is 34.9 Å². The van der Waals surface area contributed by atoms with Gasteiger partial charge in [0.05, 0.1) is 23.3 Å². The zero-order valence-electron chi connectivity index (χ0n) is 11.9. The molecule has 0 amide bonds. The van der Waals surface area contributed by atoms with Crippen molar-refractivity contribution in [2.45, 2.75) is 19.4 Å². The molecule has 2 aromatic rings. The van der Waals surface area contributed by atoms with Gasteiger partial charge >= 0.3 is 0 Å². The molecule has 5 heteroatoms. The number of rotatable bonds is 5. The van der Waals surface area contributed by atoms with Gasteiger partial charge in [0, 0.05) is 6.20 Å². The molecule has 0 fully saturated rings. The van der Waals surface area contributed by atoms with E-state index in [4.69, 9.17) is 4.74 Å². The third-order valence-electron chi connectivity index (χ3n) is 3.16. The normalized spacial score (nSPS) is 12.2. The molecule has 1 aromatic heterocycles. The van der Waals surface area contributed by atoms with E-state index in [0.717, 1.165) is 28.2 Å². The zero-order chi connectivity index (χ0) is 14.5. The van der Waals surface area contributed by atoms with E-state index in [1.165, 1.54) is 5.56 Å². The van der Waals surface area contributed by atoms with Crippen molar-refractivity contribution in [3.05, 3.63) is 52.0 Å². The van der Waals surface area contributed by atoms with Crippen LogP contribution in [-0.4, -0.2) is 24.1 Å². The Morgan fingerprint density at radius 3 is 2.75 bits per heavy atom. The molecule has 1 atom stereocenters. The smallest absolute Gasteiger partial charge is 0.133 e. The topological polar surface area (TPSA) is 47.0 Å². The number of nitrogens with one attached hydrogen (secondary N) is 1. The quantitative estimate of drug-likeness (QED) is 0.912. The number of aryl methyl sites for hydroxylation is 1. The van der Waals surface area contributed by atoms with Gasteiger partial charge in [0.2, 0.25) is 0 Å². The number of methoxy groups -OCH3 is 1. The summed E-state index contributed by atoms with van der Waals surface area (Å²) in [7, 11) is 3.61. The van der Waals surface area contributed by atoms with Crippen molar-refractivity contribution in [3.63, 3.8) is 0 Å². The van der Waals surface area contributed by atoms with Crippen LogP contribution in [0.1, 0.15) is 23.1 Å². The Kier molecular flexibility index (Phi) is 5.09. The Hall–Kier alpha value is -1.46. The Morgan fingerprint density at radius 2 is 2.15 bits per heavy atom.